The van der Waals surface area contributed by atoms with E-state index in [4.69, 9.17) is 0 Å². The fourth-order valence-electron chi connectivity index (χ4n) is 3.63. The lowest BCUT2D eigenvalue weighted by atomic mass is 10.0. The fraction of sp³-hybridized carbons (Fsp3) is 0.269. The molecule has 0 spiro atoms. The summed E-state index contributed by atoms with van der Waals surface area (Å²) in [5.41, 5.74) is 3.41. The van der Waals surface area contributed by atoms with Crippen molar-refractivity contribution in [1.82, 2.24) is 25.1 Å². The van der Waals surface area contributed by atoms with Gasteiger partial charge in [0, 0.05) is 28.0 Å². The number of rotatable bonds is 9. The van der Waals surface area contributed by atoms with Crippen molar-refractivity contribution < 1.29 is 9.59 Å². The molecular weight excluding hydrogens is 572 g/mol. The molecule has 0 aliphatic heterocycles. The standard InChI is InChI=1S/C26H27BrN6O2S2/c1-15(2)22(30-24(35)18-7-5-6-16(3)12-18)23-31-32-26(33(23)4)37-14-21(34)29-25-28-20(13-36-25)17-8-10-19(27)11-9-17/h5-13,15,22H,14H2,1-4H3,(H,30,35)(H,28,29,34)/t22-/m0/s1. The van der Waals surface area contributed by atoms with Crippen LogP contribution < -0.4 is 10.6 Å². The summed E-state index contributed by atoms with van der Waals surface area (Å²) in [5, 5.41) is 17.6. The van der Waals surface area contributed by atoms with E-state index in [2.05, 4.69) is 41.7 Å². The molecule has 1 atom stereocenters. The lowest BCUT2D eigenvalue weighted by Crippen LogP contribution is -2.33. The van der Waals surface area contributed by atoms with Crippen LogP contribution in [0.1, 0.15) is 41.6 Å². The van der Waals surface area contributed by atoms with Gasteiger partial charge in [0.2, 0.25) is 5.91 Å². The van der Waals surface area contributed by atoms with Gasteiger partial charge in [-0.15, -0.1) is 21.5 Å². The Balaban J connectivity index is 1.37. The highest BCUT2D eigenvalue weighted by Crippen LogP contribution is 2.27. The van der Waals surface area contributed by atoms with Gasteiger partial charge in [0.1, 0.15) is 0 Å². The van der Waals surface area contributed by atoms with Crippen LogP contribution in [0.3, 0.4) is 0 Å². The number of nitrogens with one attached hydrogen (secondary N) is 2. The largest absolute Gasteiger partial charge is 0.342 e. The van der Waals surface area contributed by atoms with Crippen LogP contribution in [0, 0.1) is 12.8 Å². The predicted octanol–water partition coefficient (Wildman–Crippen LogP) is 5.87. The summed E-state index contributed by atoms with van der Waals surface area (Å²) in [6.45, 7) is 5.99. The van der Waals surface area contributed by atoms with E-state index in [0.29, 0.717) is 21.7 Å². The third kappa shape index (κ3) is 6.85. The molecule has 0 bridgehead atoms. The summed E-state index contributed by atoms with van der Waals surface area (Å²) in [6.07, 6.45) is 0. The Morgan fingerprint density at radius 3 is 2.59 bits per heavy atom. The molecule has 0 saturated heterocycles. The Labute approximate surface area is 232 Å². The Kier molecular flexibility index (Phi) is 8.78. The van der Waals surface area contributed by atoms with Gasteiger partial charge >= 0.3 is 0 Å². The van der Waals surface area contributed by atoms with Gasteiger partial charge in [0.25, 0.3) is 5.91 Å². The first-order valence-electron chi connectivity index (χ1n) is 11.6. The molecule has 2 amide bonds. The molecule has 4 aromatic rings. The zero-order chi connectivity index (χ0) is 26.5. The van der Waals surface area contributed by atoms with Crippen molar-refractivity contribution in [1.29, 1.82) is 0 Å². The van der Waals surface area contributed by atoms with Crippen LogP contribution in [0.15, 0.2) is 63.5 Å². The normalized spacial score (nSPS) is 11.9. The van der Waals surface area contributed by atoms with E-state index in [0.717, 1.165) is 21.3 Å². The first kappa shape index (κ1) is 27.0. The number of amides is 2. The number of halogens is 1. The summed E-state index contributed by atoms with van der Waals surface area (Å²) < 4.78 is 2.83. The molecule has 2 N–H and O–H groups in total. The van der Waals surface area contributed by atoms with E-state index in [1.165, 1.54) is 23.1 Å². The molecule has 0 saturated carbocycles. The van der Waals surface area contributed by atoms with Crippen molar-refractivity contribution in [3.63, 3.8) is 0 Å². The number of thioether (sulfide) groups is 1. The van der Waals surface area contributed by atoms with E-state index in [1.54, 1.807) is 6.07 Å². The summed E-state index contributed by atoms with van der Waals surface area (Å²) in [6, 6.07) is 15.0. The van der Waals surface area contributed by atoms with Gasteiger partial charge in [-0.3, -0.25) is 9.59 Å². The number of carbonyl (C=O) groups excluding carboxylic acids is 2. The van der Waals surface area contributed by atoms with E-state index >= 15 is 0 Å². The minimum Gasteiger partial charge on any atom is -0.342 e. The molecule has 8 nitrogen and oxygen atoms in total. The molecule has 11 heteroatoms. The number of thiazole rings is 1. The number of aromatic nitrogens is 4. The Bertz CT molecular complexity index is 1400. The second kappa shape index (κ2) is 12.0. The average Bonchev–Trinajstić information content (AvgIpc) is 3.48. The molecule has 0 aliphatic rings. The van der Waals surface area contributed by atoms with Crippen molar-refractivity contribution in [2.45, 2.75) is 32.0 Å². The number of aryl methyl sites for hydroxylation is 1. The highest BCUT2D eigenvalue weighted by molar-refractivity contribution is 9.10. The summed E-state index contributed by atoms with van der Waals surface area (Å²) >= 11 is 6.09. The highest BCUT2D eigenvalue weighted by atomic mass is 79.9. The quantitative estimate of drug-likeness (QED) is 0.234. The van der Waals surface area contributed by atoms with Crippen LogP contribution >= 0.6 is 39.0 Å². The summed E-state index contributed by atoms with van der Waals surface area (Å²) in [5.74, 6) is 0.534. The van der Waals surface area contributed by atoms with E-state index < -0.39 is 0 Å². The van der Waals surface area contributed by atoms with Crippen LogP contribution in [0.25, 0.3) is 11.3 Å². The van der Waals surface area contributed by atoms with Crippen molar-refractivity contribution in [3.05, 3.63) is 75.3 Å². The Morgan fingerprint density at radius 1 is 1.14 bits per heavy atom. The maximum Gasteiger partial charge on any atom is 0.251 e. The number of benzene rings is 2. The molecule has 2 heterocycles. The molecule has 0 unspecified atom stereocenters. The first-order chi connectivity index (χ1) is 17.7. The van der Waals surface area contributed by atoms with Crippen LogP contribution in [0.5, 0.6) is 0 Å². The Morgan fingerprint density at radius 2 is 1.89 bits per heavy atom. The topological polar surface area (TPSA) is 102 Å². The molecule has 4 rings (SSSR count). The molecule has 2 aromatic heterocycles. The van der Waals surface area contributed by atoms with Gasteiger partial charge in [-0.1, -0.05) is 71.4 Å². The molecular formula is C26H27BrN6O2S2. The van der Waals surface area contributed by atoms with Crippen molar-refractivity contribution in [2.75, 3.05) is 11.1 Å². The Hall–Kier alpha value is -3.02. The number of carbonyl (C=O) groups is 2. The fourth-order valence-corrected chi connectivity index (χ4v) is 5.35. The third-order valence-corrected chi connectivity index (χ3v) is 7.91. The van der Waals surface area contributed by atoms with E-state index in [-0.39, 0.29) is 29.5 Å². The molecule has 37 heavy (non-hydrogen) atoms. The van der Waals surface area contributed by atoms with Gasteiger partial charge < -0.3 is 15.2 Å². The molecule has 0 fully saturated rings. The number of hydrogen-bond acceptors (Lipinski definition) is 7. The summed E-state index contributed by atoms with van der Waals surface area (Å²) in [7, 11) is 1.84. The van der Waals surface area contributed by atoms with E-state index in [1.807, 2.05) is 80.2 Å². The lowest BCUT2D eigenvalue weighted by Gasteiger charge is -2.21. The van der Waals surface area contributed by atoms with E-state index in [9.17, 15) is 9.59 Å². The van der Waals surface area contributed by atoms with Gasteiger partial charge in [0.15, 0.2) is 16.1 Å². The van der Waals surface area contributed by atoms with Crippen LogP contribution in [0.4, 0.5) is 5.13 Å². The second-order valence-electron chi connectivity index (χ2n) is 8.85. The van der Waals surface area contributed by atoms with Crippen molar-refractivity contribution in [2.24, 2.45) is 13.0 Å². The third-order valence-electron chi connectivity index (χ3n) is 5.60. The predicted molar refractivity (Wildman–Crippen MR) is 152 cm³/mol. The summed E-state index contributed by atoms with van der Waals surface area (Å²) in [4.78, 5) is 30.0. The van der Waals surface area contributed by atoms with Gasteiger partial charge in [0.05, 0.1) is 17.5 Å². The first-order valence-corrected chi connectivity index (χ1v) is 14.3. The number of nitrogens with zero attached hydrogens (tertiary/aromatic N) is 4. The maximum atomic E-state index is 12.9. The second-order valence-corrected chi connectivity index (χ2v) is 11.6. The molecule has 0 radical (unpaired) electrons. The molecule has 2 aromatic carbocycles. The zero-order valence-electron chi connectivity index (χ0n) is 20.9. The number of hydrogen-bond donors (Lipinski definition) is 2. The molecule has 0 aliphatic carbocycles. The minimum absolute atomic E-state index is 0.0858. The van der Waals surface area contributed by atoms with Crippen LogP contribution in [0.2, 0.25) is 0 Å². The zero-order valence-corrected chi connectivity index (χ0v) is 24.1. The monoisotopic (exact) mass is 598 g/mol. The SMILES string of the molecule is Cc1cccc(C(=O)N[C@H](c2nnc(SCC(=O)Nc3nc(-c4ccc(Br)cc4)cs3)n2C)C(C)C)c1. The number of anilines is 1. The maximum absolute atomic E-state index is 12.9. The van der Waals surface area contributed by atoms with Gasteiger partial charge in [-0.05, 0) is 37.1 Å². The average molecular weight is 600 g/mol. The van der Waals surface area contributed by atoms with Gasteiger partial charge in [-0.2, -0.15) is 0 Å². The lowest BCUT2D eigenvalue weighted by molar-refractivity contribution is -0.113. The molecule has 192 valence electrons. The van der Waals surface area contributed by atoms with Crippen LogP contribution in [-0.2, 0) is 11.8 Å². The highest BCUT2D eigenvalue weighted by Gasteiger charge is 2.25. The smallest absolute Gasteiger partial charge is 0.251 e. The van der Waals surface area contributed by atoms with Crippen LogP contribution in [-0.4, -0.2) is 37.3 Å². The van der Waals surface area contributed by atoms with Crippen molar-refractivity contribution >= 4 is 56.0 Å². The van der Waals surface area contributed by atoms with Crippen molar-refractivity contribution in [3.8, 4) is 11.3 Å². The van der Waals surface area contributed by atoms with Gasteiger partial charge in [-0.25, -0.2) is 4.98 Å². The minimum atomic E-state index is -0.332.